The quantitative estimate of drug-likeness (QED) is 0.433. The maximum Gasteiger partial charge on any atom is 0.303 e. The fourth-order valence-corrected chi connectivity index (χ4v) is 1.47. The van der Waals surface area contributed by atoms with Gasteiger partial charge in [-0.3, -0.25) is 4.79 Å². The van der Waals surface area contributed by atoms with Crippen LogP contribution in [-0.4, -0.2) is 45.7 Å². The molecule has 0 aliphatic carbocycles. The summed E-state index contributed by atoms with van der Waals surface area (Å²) in [7, 11) is 0. The van der Waals surface area contributed by atoms with Crippen molar-refractivity contribution in [1.82, 2.24) is 0 Å². The number of aliphatic carboxylic acids is 1. The number of carboxylic acid groups (broad SMARTS) is 1. The summed E-state index contributed by atoms with van der Waals surface area (Å²) in [6.07, 6.45) is 9.10. The smallest absolute Gasteiger partial charge is 0.303 e. The third-order valence-corrected chi connectivity index (χ3v) is 2.67. The number of aliphatic hydroxyl groups is 3. The molecule has 0 heterocycles. The van der Waals surface area contributed by atoms with Crippen molar-refractivity contribution < 1.29 is 25.2 Å². The van der Waals surface area contributed by atoms with E-state index in [-0.39, 0.29) is 13.2 Å². The van der Waals surface area contributed by atoms with Crippen LogP contribution in [0.3, 0.4) is 0 Å². The molecular formula is C14H30O5. The Kier molecular flexibility index (Phi) is 18.9. The average Bonchev–Trinajstić information content (AvgIpc) is 2.41. The second kappa shape index (κ2) is 17.4. The van der Waals surface area contributed by atoms with E-state index in [2.05, 4.69) is 6.92 Å². The molecule has 116 valence electrons. The third-order valence-electron chi connectivity index (χ3n) is 2.67. The van der Waals surface area contributed by atoms with Gasteiger partial charge in [0.05, 0.1) is 13.2 Å². The Balaban J connectivity index is 0. The van der Waals surface area contributed by atoms with Crippen molar-refractivity contribution in [2.24, 2.45) is 0 Å². The number of carbonyl (C=O) groups is 1. The lowest BCUT2D eigenvalue weighted by atomic mass is 10.1. The first-order chi connectivity index (χ1) is 9.08. The van der Waals surface area contributed by atoms with Crippen molar-refractivity contribution in [3.63, 3.8) is 0 Å². The topological polar surface area (TPSA) is 98.0 Å². The van der Waals surface area contributed by atoms with Gasteiger partial charge in [-0.15, -0.1) is 0 Å². The van der Waals surface area contributed by atoms with Gasteiger partial charge in [-0.2, -0.15) is 0 Å². The van der Waals surface area contributed by atoms with Crippen LogP contribution in [0.25, 0.3) is 0 Å². The van der Waals surface area contributed by atoms with E-state index in [0.717, 1.165) is 12.8 Å². The molecule has 0 saturated heterocycles. The van der Waals surface area contributed by atoms with Gasteiger partial charge >= 0.3 is 5.97 Å². The molecule has 0 fully saturated rings. The summed E-state index contributed by atoms with van der Waals surface area (Å²) in [5, 5.41) is 32.4. The molecule has 0 aromatic carbocycles. The zero-order valence-corrected chi connectivity index (χ0v) is 12.1. The zero-order chi connectivity index (χ0) is 14.9. The molecule has 0 atom stereocenters. The summed E-state index contributed by atoms with van der Waals surface area (Å²) in [4.78, 5) is 10.2. The molecule has 0 spiro atoms. The van der Waals surface area contributed by atoms with Crippen molar-refractivity contribution in [2.75, 3.05) is 13.2 Å². The van der Waals surface area contributed by atoms with Crippen molar-refractivity contribution in [1.29, 1.82) is 0 Å². The summed E-state index contributed by atoms with van der Waals surface area (Å²) in [5.74, 6) is -0.661. The molecule has 0 bridgehead atoms. The molecule has 0 aliphatic rings. The lowest BCUT2D eigenvalue weighted by Gasteiger charge is -1.99. The van der Waals surface area contributed by atoms with Gasteiger partial charge in [-0.25, -0.2) is 0 Å². The van der Waals surface area contributed by atoms with E-state index in [1.807, 2.05) is 0 Å². The number of unbranched alkanes of at least 4 members (excludes halogenated alkanes) is 7. The van der Waals surface area contributed by atoms with Gasteiger partial charge < -0.3 is 20.4 Å². The zero-order valence-electron chi connectivity index (χ0n) is 12.1. The fourth-order valence-electron chi connectivity index (χ4n) is 1.47. The molecule has 5 nitrogen and oxygen atoms in total. The maximum atomic E-state index is 10.2. The van der Waals surface area contributed by atoms with Gasteiger partial charge in [0.15, 0.2) is 0 Å². The third kappa shape index (κ3) is 22.9. The predicted molar refractivity (Wildman–Crippen MR) is 75.0 cm³/mol. The van der Waals surface area contributed by atoms with Gasteiger partial charge in [0.1, 0.15) is 6.10 Å². The van der Waals surface area contributed by atoms with Gasteiger partial charge in [-0.05, 0) is 6.42 Å². The number of rotatable bonds is 11. The Bertz CT molecular complexity index is 181. The Morgan fingerprint density at radius 3 is 1.63 bits per heavy atom. The molecule has 0 aromatic rings. The van der Waals surface area contributed by atoms with E-state index in [0.29, 0.717) is 6.42 Å². The van der Waals surface area contributed by atoms with E-state index < -0.39 is 12.1 Å². The molecule has 0 radical (unpaired) electrons. The molecule has 19 heavy (non-hydrogen) atoms. The summed E-state index contributed by atoms with van der Waals surface area (Å²) in [5.41, 5.74) is 0. The van der Waals surface area contributed by atoms with Gasteiger partial charge in [0.2, 0.25) is 0 Å². The molecule has 0 aliphatic heterocycles. The van der Waals surface area contributed by atoms with Gasteiger partial charge in [0, 0.05) is 6.42 Å². The predicted octanol–water partition coefficient (Wildman–Crippen LogP) is 1.93. The standard InChI is InChI=1S/C11H22O2.C3H8O3/c1-2-3-4-5-6-7-8-9-10-11(12)13;4-1-3(6)2-5/h2-10H2,1H3,(H,12,13);3-6H,1-2H2. The maximum absolute atomic E-state index is 10.2. The van der Waals surface area contributed by atoms with Crippen LogP contribution in [0.2, 0.25) is 0 Å². The monoisotopic (exact) mass is 278 g/mol. The first-order valence-electron chi connectivity index (χ1n) is 7.20. The van der Waals surface area contributed by atoms with Crippen LogP contribution in [-0.2, 0) is 4.79 Å². The van der Waals surface area contributed by atoms with Crippen LogP contribution in [0.15, 0.2) is 0 Å². The minimum Gasteiger partial charge on any atom is -0.481 e. The Morgan fingerprint density at radius 1 is 0.895 bits per heavy atom. The van der Waals surface area contributed by atoms with Crippen LogP contribution >= 0.6 is 0 Å². The molecule has 5 heteroatoms. The molecule has 0 saturated carbocycles. The molecule has 4 N–H and O–H groups in total. The van der Waals surface area contributed by atoms with Crippen LogP contribution in [0, 0.1) is 0 Å². The second-order valence-corrected chi connectivity index (χ2v) is 4.64. The fraction of sp³-hybridized carbons (Fsp3) is 0.929. The average molecular weight is 278 g/mol. The Labute approximate surface area is 116 Å². The molecule has 0 rings (SSSR count). The minimum atomic E-state index is -0.954. The van der Waals surface area contributed by atoms with E-state index in [1.54, 1.807) is 0 Å². The van der Waals surface area contributed by atoms with Crippen LogP contribution < -0.4 is 0 Å². The normalized spacial score (nSPS) is 10.2. The molecule has 0 aromatic heterocycles. The highest BCUT2D eigenvalue weighted by Crippen LogP contribution is 2.09. The summed E-state index contributed by atoms with van der Waals surface area (Å²) < 4.78 is 0. The lowest BCUT2D eigenvalue weighted by Crippen LogP contribution is -2.15. The van der Waals surface area contributed by atoms with Crippen LogP contribution in [0.5, 0.6) is 0 Å². The van der Waals surface area contributed by atoms with E-state index in [1.165, 1.54) is 38.5 Å². The number of hydrogen-bond donors (Lipinski definition) is 4. The van der Waals surface area contributed by atoms with Crippen molar-refractivity contribution >= 4 is 5.97 Å². The number of carboxylic acids is 1. The Morgan fingerprint density at radius 2 is 1.32 bits per heavy atom. The number of hydrogen-bond acceptors (Lipinski definition) is 4. The first kappa shape index (κ1) is 20.7. The minimum absolute atomic E-state index is 0.342. The molecule has 0 unspecified atom stereocenters. The van der Waals surface area contributed by atoms with Crippen molar-refractivity contribution in [3.05, 3.63) is 0 Å². The van der Waals surface area contributed by atoms with Crippen LogP contribution in [0.4, 0.5) is 0 Å². The SMILES string of the molecule is CCCCCCCCCCC(=O)O.OCC(O)CO. The van der Waals surface area contributed by atoms with E-state index >= 15 is 0 Å². The number of aliphatic hydroxyl groups excluding tert-OH is 3. The highest BCUT2D eigenvalue weighted by atomic mass is 16.4. The highest BCUT2D eigenvalue weighted by Gasteiger charge is 1.96. The largest absolute Gasteiger partial charge is 0.481 e. The summed E-state index contributed by atoms with van der Waals surface area (Å²) in [6, 6.07) is 0. The highest BCUT2D eigenvalue weighted by molar-refractivity contribution is 5.66. The Hall–Kier alpha value is -0.650. The van der Waals surface area contributed by atoms with E-state index in [4.69, 9.17) is 20.4 Å². The summed E-state index contributed by atoms with van der Waals surface area (Å²) in [6.45, 7) is 1.49. The van der Waals surface area contributed by atoms with Crippen molar-refractivity contribution in [3.8, 4) is 0 Å². The molecular weight excluding hydrogens is 248 g/mol. The first-order valence-corrected chi connectivity index (χ1v) is 7.20. The van der Waals surface area contributed by atoms with E-state index in [9.17, 15) is 4.79 Å². The second-order valence-electron chi connectivity index (χ2n) is 4.64. The van der Waals surface area contributed by atoms with Gasteiger partial charge in [0.25, 0.3) is 0 Å². The van der Waals surface area contributed by atoms with Gasteiger partial charge in [-0.1, -0.05) is 51.9 Å². The van der Waals surface area contributed by atoms with Crippen molar-refractivity contribution in [2.45, 2.75) is 70.8 Å². The van der Waals surface area contributed by atoms with Crippen LogP contribution in [0.1, 0.15) is 64.7 Å². The summed E-state index contributed by atoms with van der Waals surface area (Å²) >= 11 is 0. The lowest BCUT2D eigenvalue weighted by molar-refractivity contribution is -0.137. The molecule has 0 amide bonds.